The topological polar surface area (TPSA) is 496 Å². The zero-order chi connectivity index (χ0) is 106. The van der Waals surface area contributed by atoms with Crippen molar-refractivity contribution < 1.29 is 127 Å². The van der Waals surface area contributed by atoms with Gasteiger partial charge in [0.2, 0.25) is 0 Å². The molecule has 0 heterocycles. The zero-order valence-electron chi connectivity index (χ0n) is 78.8. The average Bonchev–Trinajstić information content (AvgIpc) is 0.819. The van der Waals surface area contributed by atoms with E-state index in [4.69, 9.17) is 9.47 Å². The Morgan fingerprint density at radius 3 is 0.442 bits per heavy atom. The molecule has 0 radical (unpaired) electrons. The zero-order valence-corrected chi connectivity index (χ0v) is 90.3. The van der Waals surface area contributed by atoms with Gasteiger partial charge < -0.3 is 9.47 Å². The molecule has 0 aliphatic heterocycles. The van der Waals surface area contributed by atoms with Gasteiger partial charge >= 0.3 is 25.8 Å². The first-order valence-electron chi connectivity index (χ1n) is 38.9. The van der Waals surface area contributed by atoms with Crippen LogP contribution >= 0.6 is 0 Å². The Kier molecular flexibility index (Phi) is 79.2. The van der Waals surface area contributed by atoms with Gasteiger partial charge in [0.15, 0.2) is 78.7 Å². The molecule has 0 saturated heterocycles. The molecule has 0 bridgehead atoms. The predicted octanol–water partition coefficient (Wildman–Crippen LogP) is 18.0. The van der Waals surface area contributed by atoms with E-state index in [1.807, 2.05) is 72.8 Å². The van der Waals surface area contributed by atoms with Gasteiger partial charge in [-0.05, 0) is 179 Å². The summed E-state index contributed by atoms with van der Waals surface area (Å²) in [7, 11) is -42.1. The molecule has 0 unspecified atom stereocenters. The van der Waals surface area contributed by atoms with Crippen molar-refractivity contribution >= 4 is 164 Å². The van der Waals surface area contributed by atoms with Gasteiger partial charge in [-0.2, -0.15) is 0 Å². The first kappa shape index (κ1) is 160. The number of rotatable bonds is 16. The van der Waals surface area contributed by atoms with Gasteiger partial charge in [0.25, 0.3) is 0 Å². The second-order valence-electron chi connectivity index (χ2n) is 30.7. The van der Waals surface area contributed by atoms with Crippen molar-refractivity contribution in [1.29, 1.82) is 0 Å². The quantitative estimate of drug-likeness (QED) is 0.0867. The molecule has 0 saturated carbocycles. The van der Waals surface area contributed by atoms with Gasteiger partial charge in [0.05, 0.1) is 39.2 Å². The molecule has 147 heavy (non-hydrogen) atoms. The van der Waals surface area contributed by atoms with Crippen molar-refractivity contribution in [3.05, 3.63) is 339 Å². The Morgan fingerprint density at radius 2 is 0.279 bits per heavy atom. The van der Waals surface area contributed by atoms with Crippen LogP contribution in [0.2, 0.25) is 0 Å². The Bertz CT molecular complexity index is 6800. The molecule has 45 heteroatoms. The number of para-hydroxylation sites is 2. The van der Waals surface area contributed by atoms with Gasteiger partial charge in [0.1, 0.15) is 82.0 Å². The summed E-state index contributed by atoms with van der Waals surface area (Å²) < 4.78 is 306. The van der Waals surface area contributed by atoms with E-state index in [0.717, 1.165) is 160 Å². The van der Waals surface area contributed by atoms with Crippen molar-refractivity contribution in [2.24, 2.45) is 0 Å². The van der Waals surface area contributed by atoms with Crippen molar-refractivity contribution in [2.75, 3.05) is 125 Å². The van der Waals surface area contributed by atoms with Gasteiger partial charge in [-0.1, -0.05) is 255 Å². The van der Waals surface area contributed by atoms with Crippen molar-refractivity contribution in [2.45, 2.75) is 112 Å². The fourth-order valence-electron chi connectivity index (χ4n) is 9.11. The van der Waals surface area contributed by atoms with Crippen molar-refractivity contribution in [3.8, 4) is 45.3 Å². The van der Waals surface area contributed by atoms with Crippen molar-refractivity contribution in [3.63, 3.8) is 0 Å². The summed E-state index contributed by atoms with van der Waals surface area (Å²) in [5.74, 6) is 2.67. The first-order chi connectivity index (χ1) is 62.1. The molecule has 0 spiro atoms. The summed E-state index contributed by atoms with van der Waals surface area (Å²) in [6.07, 6.45) is 23.7. The molecule has 0 N–H and O–H groups in total. The monoisotopic (exact) mass is 2420 g/mol. The SMILES string of the molecule is C.C.C.C.C.C.C.C.C.CS(=O)(=O)c1ccc(-c2ccc(S(C)(=O)=O)cc2)cc1.CS(=O)(=O)c1ccc(Oc2ccc(S(C)(=O)=O)cc2)cc1.CS(=O)(=O)c1ccc(S(C)(=O)=O)cc1.CS(=O)(=O)c1cccc(S(C)(=O)=O)c1.CS(C)(=O)=O.CS(C)(=O)=O.CS(C)(=O)=O.CS(C)(=O)=O.CS(C)(=O)=O.CS(C)(=O)=O.[InH3].c1ccc(-c2ccccc2)cc1.c1ccc(Cc2ccccc2)cc1.c1ccc(Oc2ccccc2)cc1. The van der Waals surface area contributed by atoms with Crippen LogP contribution < -0.4 is 9.47 Å². The van der Waals surface area contributed by atoms with Crippen LogP contribution in [-0.4, -0.2) is 269 Å². The van der Waals surface area contributed by atoms with Crippen LogP contribution in [0.5, 0.6) is 23.0 Å². The summed E-state index contributed by atoms with van der Waals surface area (Å²) in [5.41, 5.74) is 6.95. The Morgan fingerprint density at radius 1 is 0.150 bits per heavy atom. The maximum absolute atomic E-state index is 11.4. The molecule has 0 atom stereocenters. The van der Waals surface area contributed by atoms with Crippen LogP contribution in [0.15, 0.2) is 367 Å². The second-order valence-corrected chi connectivity index (χ2v) is 60.5. The number of benzene rings is 12. The molecule has 30 nitrogen and oxygen atoms in total. The van der Waals surface area contributed by atoms with Crippen LogP contribution in [0.25, 0.3) is 22.3 Å². The van der Waals surface area contributed by atoms with Gasteiger partial charge in [-0.25, -0.2) is 118 Å². The molecule has 830 valence electrons. The molecule has 12 aromatic carbocycles. The molecule has 12 rings (SSSR count). The Labute approximate surface area is 903 Å². The molecular weight excluding hydrogens is 2270 g/mol. The summed E-state index contributed by atoms with van der Waals surface area (Å²) in [4.78, 5) is 1.20. The Hall–Kier alpha value is -9.59. The van der Waals surface area contributed by atoms with Gasteiger partial charge in [0, 0.05) is 125 Å². The number of sulfone groups is 14. The standard InChI is InChI=1S/C14H14O5S2.C14H14O4S2.C13H12.C12H10O.C12H10.2C8H10O4S2.6C2H6O2S.9CH4.In.3H/c1-20(15,16)13-7-3-11(4-8-13)19-12-5-9-14(10-6-12)21(2,17)18;1-19(15,16)13-7-3-11(4-8-13)12-5-9-14(10-6-12)20(2,17)18;1-3-7-12(8-4-1)11-13-9-5-2-6-10-13;1-3-7-11(8-4-1)13-12-9-5-2-6-10-12;1-3-7-11(8-4-1)12-9-5-2-6-10-12;1-13(9,10)7-3-5-8(6-4-7)14(2,11)12;1-13(9,10)7-4-3-5-8(6-7)14(2,11)12;6*1-5(2,3)4;;;;;;;;;;;;;/h3-10H,1-2H3;3-10H,1-2H3;1-10H,11H2;1-10H;1-10H;2*3-6H,1-2H3;6*1-2H3;9*1H4;;;;. The van der Waals surface area contributed by atoms with E-state index in [0.29, 0.717) is 11.5 Å². The fourth-order valence-corrected chi connectivity index (χ4v) is 14.3. The first-order valence-corrected chi connectivity index (χ1v) is 67.8. The Balaban J connectivity index is -0.000000155. The molecule has 0 aliphatic carbocycles. The average molecular weight is 2430 g/mol. The van der Waals surface area contributed by atoms with E-state index < -0.39 is 138 Å². The second kappa shape index (κ2) is 72.8. The molecule has 0 aromatic heterocycles. The third-order valence-electron chi connectivity index (χ3n) is 14.7. The minimum absolute atomic E-state index is 0. The number of ether oxygens (including phenoxy) is 2. The minimum Gasteiger partial charge on any atom is -0.457 e. The fraction of sp³-hybridized carbons (Fsp3) is 0.294. The number of hydrogen-bond donors (Lipinski definition) is 0. The maximum atomic E-state index is 11.4. The van der Waals surface area contributed by atoms with E-state index in [2.05, 4.69) is 109 Å². The van der Waals surface area contributed by atoms with E-state index in [-0.39, 0.29) is 132 Å². The smallest absolute Gasteiger partial charge is 0.127 e. The van der Waals surface area contributed by atoms with Gasteiger partial charge in [-0.3, -0.25) is 0 Å². The van der Waals surface area contributed by atoms with E-state index >= 15 is 0 Å². The minimum atomic E-state index is -3.35. The van der Waals surface area contributed by atoms with Crippen molar-refractivity contribution in [1.82, 2.24) is 0 Å². The normalized spacial score (nSPS) is 10.7. The third-order valence-corrected chi connectivity index (χ3v) is 23.7. The summed E-state index contributed by atoms with van der Waals surface area (Å²) >= 11 is 0. The van der Waals surface area contributed by atoms with Crippen LogP contribution in [0.1, 0.15) is 78.0 Å². The van der Waals surface area contributed by atoms with Crippen LogP contribution in [0, 0.1) is 0 Å². The van der Waals surface area contributed by atoms with Crippen LogP contribution in [-0.2, 0) is 144 Å². The predicted molar refractivity (Wildman–Crippen MR) is 618 cm³/mol. The molecule has 0 fully saturated rings. The summed E-state index contributed by atoms with van der Waals surface area (Å²) in [5, 5.41) is 0. The molecule has 0 aliphatic rings. The van der Waals surface area contributed by atoms with Crippen LogP contribution in [0.3, 0.4) is 0 Å². The molecule has 0 amide bonds. The molecule has 12 aromatic rings. The van der Waals surface area contributed by atoms with Gasteiger partial charge in [-0.15, -0.1) is 0 Å². The van der Waals surface area contributed by atoms with E-state index in [9.17, 15) is 118 Å². The third kappa shape index (κ3) is 89.0. The molecular formula is C102H155InO30S14. The van der Waals surface area contributed by atoms with E-state index in [1.165, 1.54) is 113 Å². The summed E-state index contributed by atoms with van der Waals surface area (Å²) in [6.45, 7) is 0. The largest absolute Gasteiger partial charge is 0.457 e. The summed E-state index contributed by atoms with van der Waals surface area (Å²) in [6, 6.07) is 96.7. The number of hydrogen-bond acceptors (Lipinski definition) is 30. The van der Waals surface area contributed by atoms with Crippen LogP contribution in [0.4, 0.5) is 0 Å². The maximum Gasteiger partial charge on any atom is 0.127 e. The van der Waals surface area contributed by atoms with E-state index in [1.54, 1.807) is 48.5 Å².